The van der Waals surface area contributed by atoms with E-state index in [4.69, 9.17) is 4.42 Å². The highest BCUT2D eigenvalue weighted by Gasteiger charge is 2.19. The van der Waals surface area contributed by atoms with E-state index in [2.05, 4.69) is 63.1 Å². The molecule has 6 heteroatoms. The maximum absolute atomic E-state index is 11.8. The van der Waals surface area contributed by atoms with Crippen LogP contribution in [0, 0.1) is 0 Å². The minimum absolute atomic E-state index is 0.236. The zero-order valence-electron chi connectivity index (χ0n) is 15.5. The van der Waals surface area contributed by atoms with E-state index in [0.717, 1.165) is 32.7 Å². The molecule has 1 amide bonds. The van der Waals surface area contributed by atoms with Crippen molar-refractivity contribution in [2.24, 2.45) is 0 Å². The number of aromatic nitrogens is 1. The summed E-state index contributed by atoms with van der Waals surface area (Å²) >= 11 is 0. The molecule has 0 spiro atoms. The molecule has 6 nitrogen and oxygen atoms in total. The van der Waals surface area contributed by atoms with E-state index in [9.17, 15) is 4.79 Å². The van der Waals surface area contributed by atoms with Gasteiger partial charge in [-0.25, -0.2) is 4.98 Å². The van der Waals surface area contributed by atoms with Crippen LogP contribution < -0.4 is 5.32 Å². The molecule has 2 aromatic rings. The number of hydrogen-bond acceptors (Lipinski definition) is 5. The van der Waals surface area contributed by atoms with Crippen LogP contribution in [0.15, 0.2) is 59.7 Å². The SMILES string of the molecule is C=CCNC(=O)c1coc(CN2CCN(CC=Cc3ccccc3)CC2)n1. The van der Waals surface area contributed by atoms with Crippen molar-refractivity contribution < 1.29 is 9.21 Å². The number of nitrogens with zero attached hydrogens (tertiary/aromatic N) is 3. The smallest absolute Gasteiger partial charge is 0.273 e. The molecule has 0 aliphatic carbocycles. The summed E-state index contributed by atoms with van der Waals surface area (Å²) in [4.78, 5) is 20.9. The molecule has 1 aliphatic heterocycles. The standard InChI is InChI=1S/C21H26N4O2/c1-2-10-22-21(26)19-17-27-20(23-19)16-25-14-12-24(13-15-25)11-6-9-18-7-4-3-5-8-18/h2-9,17H,1,10-16H2,(H,22,26). The largest absolute Gasteiger partial charge is 0.447 e. The summed E-state index contributed by atoms with van der Waals surface area (Å²) in [6, 6.07) is 10.3. The lowest BCUT2D eigenvalue weighted by molar-refractivity contribution is 0.0953. The molecule has 0 bridgehead atoms. The fourth-order valence-electron chi connectivity index (χ4n) is 2.97. The number of hydrogen-bond donors (Lipinski definition) is 1. The number of rotatable bonds is 8. The maximum Gasteiger partial charge on any atom is 0.273 e. The summed E-state index contributed by atoms with van der Waals surface area (Å²) in [5, 5.41) is 2.70. The van der Waals surface area contributed by atoms with Crippen molar-refractivity contribution >= 4 is 12.0 Å². The average Bonchev–Trinajstić information content (AvgIpc) is 3.17. The number of nitrogens with one attached hydrogen (secondary N) is 1. The zero-order valence-corrected chi connectivity index (χ0v) is 15.5. The van der Waals surface area contributed by atoms with Crippen LogP contribution in [0.4, 0.5) is 0 Å². The topological polar surface area (TPSA) is 61.6 Å². The lowest BCUT2D eigenvalue weighted by Gasteiger charge is -2.33. The van der Waals surface area contributed by atoms with E-state index < -0.39 is 0 Å². The lowest BCUT2D eigenvalue weighted by atomic mass is 10.2. The zero-order chi connectivity index (χ0) is 18.9. The molecule has 27 heavy (non-hydrogen) atoms. The predicted molar refractivity (Wildman–Crippen MR) is 106 cm³/mol. The van der Waals surface area contributed by atoms with Crippen LogP contribution in [0.5, 0.6) is 0 Å². The molecule has 0 saturated carbocycles. The molecule has 142 valence electrons. The van der Waals surface area contributed by atoms with Crippen molar-refractivity contribution in [3.8, 4) is 0 Å². The fraction of sp³-hybridized carbons (Fsp3) is 0.333. The second kappa shape index (κ2) is 9.85. The van der Waals surface area contributed by atoms with Crippen LogP contribution in [0.3, 0.4) is 0 Å². The molecule has 1 N–H and O–H groups in total. The Morgan fingerprint density at radius 1 is 1.19 bits per heavy atom. The quantitative estimate of drug-likeness (QED) is 0.727. The van der Waals surface area contributed by atoms with Gasteiger partial charge in [-0.1, -0.05) is 48.6 Å². The molecule has 1 saturated heterocycles. The van der Waals surface area contributed by atoms with Gasteiger partial charge in [-0.3, -0.25) is 14.6 Å². The number of oxazole rings is 1. The molecule has 1 aromatic carbocycles. The number of piperazine rings is 1. The molecule has 3 rings (SSSR count). The van der Waals surface area contributed by atoms with Crippen molar-refractivity contribution in [3.63, 3.8) is 0 Å². The normalized spacial score (nSPS) is 15.9. The van der Waals surface area contributed by atoms with E-state index in [1.165, 1.54) is 11.8 Å². The van der Waals surface area contributed by atoms with Crippen molar-refractivity contribution in [3.05, 3.63) is 72.5 Å². The van der Waals surface area contributed by atoms with Crippen LogP contribution in [0.2, 0.25) is 0 Å². The summed E-state index contributed by atoms with van der Waals surface area (Å²) in [6.07, 6.45) is 7.43. The van der Waals surface area contributed by atoms with Crippen LogP contribution in [0.1, 0.15) is 21.9 Å². The molecular weight excluding hydrogens is 340 g/mol. The third-order valence-corrected chi connectivity index (χ3v) is 4.49. The van der Waals surface area contributed by atoms with E-state index >= 15 is 0 Å². The summed E-state index contributed by atoms with van der Waals surface area (Å²) in [5.74, 6) is 0.344. The summed E-state index contributed by atoms with van der Waals surface area (Å²) in [5.41, 5.74) is 1.55. The van der Waals surface area contributed by atoms with Crippen molar-refractivity contribution in [1.82, 2.24) is 20.1 Å². The molecule has 0 atom stereocenters. The highest BCUT2D eigenvalue weighted by Crippen LogP contribution is 2.10. The van der Waals surface area contributed by atoms with Crippen molar-refractivity contribution in [2.75, 3.05) is 39.3 Å². The third kappa shape index (κ3) is 5.91. The van der Waals surface area contributed by atoms with Crippen LogP contribution in [-0.2, 0) is 6.54 Å². The van der Waals surface area contributed by atoms with Gasteiger partial charge in [0.1, 0.15) is 6.26 Å². The van der Waals surface area contributed by atoms with Gasteiger partial charge in [0.2, 0.25) is 5.89 Å². The Hall–Kier alpha value is -2.70. The number of benzene rings is 1. The predicted octanol–water partition coefficient (Wildman–Crippen LogP) is 2.42. The molecule has 1 aliphatic rings. The highest BCUT2D eigenvalue weighted by molar-refractivity contribution is 5.91. The first-order chi connectivity index (χ1) is 13.2. The average molecular weight is 366 g/mol. The van der Waals surface area contributed by atoms with E-state index in [0.29, 0.717) is 24.7 Å². The van der Waals surface area contributed by atoms with Crippen LogP contribution in [0.25, 0.3) is 6.08 Å². The van der Waals surface area contributed by atoms with E-state index in [1.54, 1.807) is 6.08 Å². The van der Waals surface area contributed by atoms with Gasteiger partial charge >= 0.3 is 0 Å². The Morgan fingerprint density at radius 3 is 2.67 bits per heavy atom. The Labute approximate surface area is 160 Å². The molecule has 1 fully saturated rings. The third-order valence-electron chi connectivity index (χ3n) is 4.49. The van der Waals surface area contributed by atoms with Gasteiger partial charge in [-0.15, -0.1) is 6.58 Å². The molecule has 0 unspecified atom stereocenters. The lowest BCUT2D eigenvalue weighted by Crippen LogP contribution is -2.45. The van der Waals surface area contributed by atoms with Gasteiger partial charge in [0.25, 0.3) is 5.91 Å². The highest BCUT2D eigenvalue weighted by atomic mass is 16.3. The Kier molecular flexibility index (Phi) is 6.96. The molecule has 1 aromatic heterocycles. The number of carbonyl (C=O) groups excluding carboxylic acids is 1. The Bertz CT molecular complexity index is 761. The second-order valence-corrected chi connectivity index (χ2v) is 6.51. The van der Waals surface area contributed by atoms with Gasteiger partial charge in [-0.2, -0.15) is 0 Å². The number of carbonyl (C=O) groups is 1. The summed E-state index contributed by atoms with van der Waals surface area (Å²) in [7, 11) is 0. The van der Waals surface area contributed by atoms with Crippen LogP contribution in [-0.4, -0.2) is 60.0 Å². The minimum atomic E-state index is -0.236. The molecular formula is C21H26N4O2. The van der Waals surface area contributed by atoms with Gasteiger partial charge < -0.3 is 9.73 Å². The minimum Gasteiger partial charge on any atom is -0.447 e. The molecule has 2 heterocycles. The first-order valence-electron chi connectivity index (χ1n) is 9.24. The summed E-state index contributed by atoms with van der Waals surface area (Å²) in [6.45, 7) is 9.50. The van der Waals surface area contributed by atoms with Gasteiger partial charge in [0.05, 0.1) is 6.54 Å². The van der Waals surface area contributed by atoms with Crippen LogP contribution >= 0.6 is 0 Å². The first-order valence-corrected chi connectivity index (χ1v) is 9.24. The van der Waals surface area contributed by atoms with Gasteiger partial charge in [0, 0.05) is 39.3 Å². The summed E-state index contributed by atoms with van der Waals surface area (Å²) < 4.78 is 5.45. The van der Waals surface area contributed by atoms with Gasteiger partial charge in [0.15, 0.2) is 5.69 Å². The van der Waals surface area contributed by atoms with Gasteiger partial charge in [-0.05, 0) is 5.56 Å². The Balaban J connectivity index is 1.40. The first kappa shape index (κ1) is 19.1. The molecule has 0 radical (unpaired) electrons. The monoisotopic (exact) mass is 366 g/mol. The van der Waals surface area contributed by atoms with Crippen molar-refractivity contribution in [1.29, 1.82) is 0 Å². The maximum atomic E-state index is 11.8. The van der Waals surface area contributed by atoms with E-state index in [-0.39, 0.29) is 5.91 Å². The number of amides is 1. The fourth-order valence-corrected chi connectivity index (χ4v) is 2.97. The Morgan fingerprint density at radius 2 is 1.93 bits per heavy atom. The van der Waals surface area contributed by atoms with Crippen molar-refractivity contribution in [2.45, 2.75) is 6.54 Å². The van der Waals surface area contributed by atoms with E-state index in [1.807, 2.05) is 6.07 Å². The second-order valence-electron chi connectivity index (χ2n) is 6.51.